The van der Waals surface area contributed by atoms with Gasteiger partial charge in [0.25, 0.3) is 0 Å². The van der Waals surface area contributed by atoms with Gasteiger partial charge in [-0.1, -0.05) is 18.2 Å². The number of hydrogen-bond acceptors (Lipinski definition) is 5. The van der Waals surface area contributed by atoms with Crippen LogP contribution in [0.4, 0.5) is 11.6 Å². The van der Waals surface area contributed by atoms with E-state index >= 15 is 0 Å². The predicted octanol–water partition coefficient (Wildman–Crippen LogP) is 4.11. The third-order valence-corrected chi connectivity index (χ3v) is 7.79. The molecule has 7 heteroatoms. The third-order valence-electron chi connectivity index (χ3n) is 7.79. The van der Waals surface area contributed by atoms with Gasteiger partial charge in [0.05, 0.1) is 11.0 Å². The number of anilines is 2. The highest BCUT2D eigenvalue weighted by atomic mass is 16.1. The summed E-state index contributed by atoms with van der Waals surface area (Å²) < 4.78 is 0. The number of amides is 1. The van der Waals surface area contributed by atoms with Gasteiger partial charge in [0.15, 0.2) is 0 Å². The number of piperazine rings is 1. The summed E-state index contributed by atoms with van der Waals surface area (Å²) in [7, 11) is 0. The quantitative estimate of drug-likeness (QED) is 0.490. The Morgan fingerprint density at radius 2 is 1.86 bits per heavy atom. The van der Waals surface area contributed by atoms with Gasteiger partial charge in [-0.2, -0.15) is 0 Å². The SMILES string of the molecule is Cc1cccc(N2CCN(CCCNC(=O)C3CCN(c4nc5ccc(C)cc5[nH]4)CC3)C[C@H]2C)c1. The molecule has 0 saturated carbocycles. The number of hydrogen-bond donors (Lipinski definition) is 2. The van der Waals surface area contributed by atoms with Crippen LogP contribution in [0.5, 0.6) is 0 Å². The number of carbonyl (C=O) groups excluding carboxylic acids is 1. The molecule has 2 aromatic carbocycles. The Hall–Kier alpha value is -3.06. The van der Waals surface area contributed by atoms with Gasteiger partial charge >= 0.3 is 0 Å². The smallest absolute Gasteiger partial charge is 0.223 e. The summed E-state index contributed by atoms with van der Waals surface area (Å²) >= 11 is 0. The number of imidazole rings is 1. The summed E-state index contributed by atoms with van der Waals surface area (Å²) in [5, 5.41) is 3.21. The third kappa shape index (κ3) is 5.67. The average Bonchev–Trinajstić information content (AvgIpc) is 3.30. The first-order chi connectivity index (χ1) is 17.5. The number of benzene rings is 2. The van der Waals surface area contributed by atoms with E-state index < -0.39 is 0 Å². The van der Waals surface area contributed by atoms with E-state index in [1.165, 1.54) is 16.8 Å². The summed E-state index contributed by atoms with van der Waals surface area (Å²) in [4.78, 5) is 28.3. The molecule has 0 unspecified atom stereocenters. The van der Waals surface area contributed by atoms with Crippen molar-refractivity contribution in [3.8, 4) is 0 Å². The number of piperidine rings is 1. The van der Waals surface area contributed by atoms with Gasteiger partial charge in [0.2, 0.25) is 11.9 Å². The molecule has 1 amide bonds. The second-order valence-electron chi connectivity index (χ2n) is 10.7. The minimum atomic E-state index is 0.103. The number of carbonyl (C=O) groups is 1. The predicted molar refractivity (Wildman–Crippen MR) is 148 cm³/mol. The first kappa shape index (κ1) is 24.6. The van der Waals surface area contributed by atoms with Crippen LogP contribution >= 0.6 is 0 Å². The largest absolute Gasteiger partial charge is 0.366 e. The van der Waals surface area contributed by atoms with Crippen molar-refractivity contribution in [2.24, 2.45) is 5.92 Å². The van der Waals surface area contributed by atoms with Crippen molar-refractivity contribution in [3.05, 3.63) is 53.6 Å². The fraction of sp³-hybridized carbons (Fsp3) is 0.517. The molecule has 0 spiro atoms. The molecule has 2 saturated heterocycles. The van der Waals surface area contributed by atoms with Gasteiger partial charge in [-0.3, -0.25) is 9.69 Å². The van der Waals surface area contributed by atoms with Gasteiger partial charge in [0, 0.05) is 56.9 Å². The average molecular weight is 489 g/mol. The maximum absolute atomic E-state index is 12.8. The highest BCUT2D eigenvalue weighted by Gasteiger charge is 2.27. The first-order valence-electron chi connectivity index (χ1n) is 13.5. The van der Waals surface area contributed by atoms with Gasteiger partial charge in [0.1, 0.15) is 0 Å². The van der Waals surface area contributed by atoms with Gasteiger partial charge < -0.3 is 20.1 Å². The van der Waals surface area contributed by atoms with Crippen molar-refractivity contribution in [2.75, 3.05) is 55.6 Å². The minimum Gasteiger partial charge on any atom is -0.366 e. The Morgan fingerprint density at radius 3 is 2.64 bits per heavy atom. The highest BCUT2D eigenvalue weighted by molar-refractivity contribution is 5.80. The maximum atomic E-state index is 12.8. The molecular weight excluding hydrogens is 448 g/mol. The molecule has 2 aliphatic rings. The first-order valence-corrected chi connectivity index (χ1v) is 13.5. The maximum Gasteiger partial charge on any atom is 0.223 e. The fourth-order valence-electron chi connectivity index (χ4n) is 5.70. The minimum absolute atomic E-state index is 0.103. The molecule has 36 heavy (non-hydrogen) atoms. The molecule has 2 aliphatic heterocycles. The highest BCUT2D eigenvalue weighted by Crippen LogP contribution is 2.25. The standard InChI is InChI=1S/C29H40N6O/c1-21-6-4-7-25(18-21)35-17-16-33(20-23(35)3)13-5-12-30-28(36)24-10-14-34(15-11-24)29-31-26-9-8-22(2)19-27(26)32-29/h4,6-9,18-19,23-24H,5,10-17,20H2,1-3H3,(H,30,36)(H,31,32)/t23-/m1/s1. The molecule has 192 valence electrons. The van der Waals surface area contributed by atoms with E-state index in [2.05, 4.69) is 88.2 Å². The summed E-state index contributed by atoms with van der Waals surface area (Å²) in [5.41, 5.74) is 5.95. The van der Waals surface area contributed by atoms with E-state index in [-0.39, 0.29) is 11.8 Å². The number of rotatable bonds is 7. The lowest BCUT2D eigenvalue weighted by atomic mass is 9.96. The number of nitrogens with one attached hydrogen (secondary N) is 2. The van der Waals surface area contributed by atoms with Gasteiger partial charge in [-0.15, -0.1) is 0 Å². The second-order valence-corrected chi connectivity index (χ2v) is 10.7. The number of H-pyrrole nitrogens is 1. The molecule has 0 aliphatic carbocycles. The molecule has 3 heterocycles. The lowest BCUT2D eigenvalue weighted by Crippen LogP contribution is -2.52. The van der Waals surface area contributed by atoms with Crippen molar-refractivity contribution >= 4 is 28.6 Å². The second kappa shape index (κ2) is 10.9. The van der Waals surface area contributed by atoms with Crippen LogP contribution in [0.15, 0.2) is 42.5 Å². The summed E-state index contributed by atoms with van der Waals surface area (Å²) in [5.74, 6) is 1.24. The van der Waals surface area contributed by atoms with Crippen molar-refractivity contribution in [2.45, 2.75) is 46.1 Å². The van der Waals surface area contributed by atoms with Crippen LogP contribution in [0.2, 0.25) is 0 Å². The van der Waals surface area contributed by atoms with Crippen LogP contribution in [-0.4, -0.2) is 72.6 Å². The summed E-state index contributed by atoms with van der Waals surface area (Å²) in [6.07, 6.45) is 2.75. The molecule has 0 radical (unpaired) electrons. The van der Waals surface area contributed by atoms with E-state index in [0.717, 1.165) is 82.1 Å². The van der Waals surface area contributed by atoms with Gasteiger partial charge in [-0.05, 0) is 82.0 Å². The molecule has 2 N–H and O–H groups in total. The number of aromatic nitrogens is 2. The molecule has 5 rings (SSSR count). The van der Waals surface area contributed by atoms with Crippen molar-refractivity contribution in [1.82, 2.24) is 20.2 Å². The molecule has 7 nitrogen and oxygen atoms in total. The number of nitrogens with zero attached hydrogens (tertiary/aromatic N) is 4. The number of aromatic amines is 1. The molecule has 1 aromatic heterocycles. The van der Waals surface area contributed by atoms with E-state index in [4.69, 9.17) is 4.98 Å². The van der Waals surface area contributed by atoms with Crippen molar-refractivity contribution < 1.29 is 4.79 Å². The van der Waals surface area contributed by atoms with Crippen molar-refractivity contribution in [3.63, 3.8) is 0 Å². The molecule has 3 aromatic rings. The lowest BCUT2D eigenvalue weighted by Gasteiger charge is -2.41. The fourth-order valence-corrected chi connectivity index (χ4v) is 5.70. The lowest BCUT2D eigenvalue weighted by molar-refractivity contribution is -0.125. The summed E-state index contributed by atoms with van der Waals surface area (Å²) in [6.45, 7) is 13.3. The Labute approximate surface area is 214 Å². The van der Waals surface area contributed by atoms with Crippen LogP contribution in [0.25, 0.3) is 11.0 Å². The van der Waals surface area contributed by atoms with Crippen molar-refractivity contribution in [1.29, 1.82) is 0 Å². The molecule has 2 fully saturated rings. The zero-order valence-corrected chi connectivity index (χ0v) is 22.0. The van der Waals surface area contributed by atoms with Crippen LogP contribution in [0.1, 0.15) is 37.3 Å². The van der Waals surface area contributed by atoms with E-state index in [1.54, 1.807) is 0 Å². The zero-order chi connectivity index (χ0) is 25.1. The van der Waals surface area contributed by atoms with Crippen LogP contribution in [0.3, 0.4) is 0 Å². The Balaban J connectivity index is 1.01. The van der Waals surface area contributed by atoms with Crippen LogP contribution in [-0.2, 0) is 4.79 Å². The molecular formula is C29H40N6O. The van der Waals surface area contributed by atoms with Crippen LogP contribution in [0, 0.1) is 19.8 Å². The number of aryl methyl sites for hydroxylation is 2. The Morgan fingerprint density at radius 1 is 1.06 bits per heavy atom. The molecule has 1 atom stereocenters. The number of fused-ring (bicyclic) bond motifs is 1. The normalized spacial score (nSPS) is 19.7. The monoisotopic (exact) mass is 488 g/mol. The Bertz CT molecular complexity index is 1180. The summed E-state index contributed by atoms with van der Waals surface area (Å²) in [6, 6.07) is 15.6. The van der Waals surface area contributed by atoms with E-state index in [0.29, 0.717) is 6.04 Å². The Kier molecular flexibility index (Phi) is 7.46. The zero-order valence-electron chi connectivity index (χ0n) is 22.0. The topological polar surface area (TPSA) is 67.5 Å². The van der Waals surface area contributed by atoms with E-state index in [9.17, 15) is 4.79 Å². The molecule has 0 bridgehead atoms. The van der Waals surface area contributed by atoms with Crippen LogP contribution < -0.4 is 15.1 Å². The van der Waals surface area contributed by atoms with E-state index in [1.807, 2.05) is 0 Å². The van der Waals surface area contributed by atoms with Gasteiger partial charge in [-0.25, -0.2) is 4.98 Å².